The molecule has 4 rings (SSSR count). The van der Waals surface area contributed by atoms with Crippen LogP contribution in [0.2, 0.25) is 0 Å². The molecule has 0 fully saturated rings. The van der Waals surface area contributed by atoms with Gasteiger partial charge in [-0.25, -0.2) is 0 Å². The van der Waals surface area contributed by atoms with Crippen LogP contribution < -0.4 is 16.4 Å². The van der Waals surface area contributed by atoms with Crippen molar-refractivity contribution in [1.29, 1.82) is 0 Å². The van der Waals surface area contributed by atoms with Crippen LogP contribution in [0.15, 0.2) is 36.5 Å². The van der Waals surface area contributed by atoms with Gasteiger partial charge < -0.3 is 16.4 Å². The molecule has 0 saturated carbocycles. The molecule has 150 valence electrons. The smallest absolute Gasteiger partial charge is 0.313 e. The number of fused-ring (bicyclic) bond motifs is 2. The minimum absolute atomic E-state index is 0.112. The van der Waals surface area contributed by atoms with E-state index in [4.69, 9.17) is 5.73 Å². The monoisotopic (exact) mass is 392 g/mol. The van der Waals surface area contributed by atoms with E-state index in [1.807, 2.05) is 42.1 Å². The molecule has 1 atom stereocenters. The van der Waals surface area contributed by atoms with Gasteiger partial charge in [-0.05, 0) is 37.0 Å². The standard InChI is InChI=1S/C21H24N6O2/c1-27-19-5-3-2-4-16(19)18(26-27)8-9-23-20(28)21(29)25-15-11-13-10-14(22)6-7-17(13)24-12-15/h2-5,11-12,14H,6-10,22H2,1H3,(H,23,28)(H,25,29). The average Bonchev–Trinajstić information content (AvgIpc) is 3.03. The summed E-state index contributed by atoms with van der Waals surface area (Å²) < 4.78 is 1.81. The third kappa shape index (κ3) is 4.12. The molecule has 29 heavy (non-hydrogen) atoms. The van der Waals surface area contributed by atoms with Gasteiger partial charge in [0, 0.05) is 37.1 Å². The van der Waals surface area contributed by atoms with Crippen molar-refractivity contribution in [2.24, 2.45) is 12.8 Å². The fraction of sp³-hybridized carbons (Fsp3) is 0.333. The highest BCUT2D eigenvalue weighted by atomic mass is 16.2. The molecule has 1 aromatic carbocycles. The van der Waals surface area contributed by atoms with Crippen molar-refractivity contribution in [3.63, 3.8) is 0 Å². The molecular formula is C21H24N6O2. The number of hydrogen-bond donors (Lipinski definition) is 3. The second-order valence-corrected chi connectivity index (χ2v) is 7.38. The number of pyridine rings is 1. The first-order chi connectivity index (χ1) is 14.0. The lowest BCUT2D eigenvalue weighted by Gasteiger charge is -2.21. The van der Waals surface area contributed by atoms with Gasteiger partial charge in [0.1, 0.15) is 0 Å². The van der Waals surface area contributed by atoms with Crippen LogP contribution in [-0.4, -0.2) is 39.2 Å². The van der Waals surface area contributed by atoms with Crippen LogP contribution in [0.4, 0.5) is 5.69 Å². The molecule has 1 unspecified atom stereocenters. The zero-order valence-corrected chi connectivity index (χ0v) is 16.3. The average molecular weight is 392 g/mol. The van der Waals surface area contributed by atoms with E-state index in [-0.39, 0.29) is 6.04 Å². The second-order valence-electron chi connectivity index (χ2n) is 7.38. The summed E-state index contributed by atoms with van der Waals surface area (Å²) in [7, 11) is 1.89. The fourth-order valence-electron chi connectivity index (χ4n) is 3.75. The van der Waals surface area contributed by atoms with Crippen LogP contribution in [0.1, 0.15) is 23.4 Å². The van der Waals surface area contributed by atoms with Gasteiger partial charge in [-0.3, -0.25) is 19.3 Å². The number of nitrogens with zero attached hydrogens (tertiary/aromatic N) is 3. The largest absolute Gasteiger partial charge is 0.347 e. The van der Waals surface area contributed by atoms with E-state index in [1.54, 1.807) is 6.20 Å². The summed E-state index contributed by atoms with van der Waals surface area (Å²) in [6.07, 6.45) is 4.61. The van der Waals surface area contributed by atoms with Gasteiger partial charge in [0.05, 0.1) is 23.1 Å². The molecule has 1 aliphatic carbocycles. The molecule has 0 saturated heterocycles. The van der Waals surface area contributed by atoms with E-state index in [0.717, 1.165) is 47.1 Å². The van der Waals surface area contributed by atoms with E-state index >= 15 is 0 Å². The maximum Gasteiger partial charge on any atom is 0.313 e. The third-order valence-corrected chi connectivity index (χ3v) is 5.24. The van der Waals surface area contributed by atoms with Crippen molar-refractivity contribution in [2.75, 3.05) is 11.9 Å². The van der Waals surface area contributed by atoms with E-state index < -0.39 is 11.8 Å². The minimum atomic E-state index is -0.710. The van der Waals surface area contributed by atoms with E-state index in [1.165, 1.54) is 0 Å². The number of anilines is 1. The SMILES string of the molecule is Cn1nc(CCNC(=O)C(=O)Nc2cnc3c(c2)CC(N)CC3)c2ccccc21. The predicted molar refractivity (Wildman–Crippen MR) is 110 cm³/mol. The first kappa shape index (κ1) is 19.1. The molecule has 2 aromatic heterocycles. The van der Waals surface area contributed by atoms with Crippen LogP contribution in [0, 0.1) is 0 Å². The number of para-hydroxylation sites is 1. The number of rotatable bonds is 4. The van der Waals surface area contributed by atoms with Crippen molar-refractivity contribution in [1.82, 2.24) is 20.1 Å². The number of hydrogen-bond acceptors (Lipinski definition) is 5. The quantitative estimate of drug-likeness (QED) is 0.575. The number of benzene rings is 1. The topological polar surface area (TPSA) is 115 Å². The molecule has 8 heteroatoms. The predicted octanol–water partition coefficient (Wildman–Crippen LogP) is 1.08. The van der Waals surface area contributed by atoms with Crippen LogP contribution >= 0.6 is 0 Å². The lowest BCUT2D eigenvalue weighted by molar-refractivity contribution is -0.136. The molecule has 3 aromatic rings. The van der Waals surface area contributed by atoms with Gasteiger partial charge in [-0.1, -0.05) is 18.2 Å². The molecular weight excluding hydrogens is 368 g/mol. The molecule has 1 aliphatic rings. The Morgan fingerprint density at radius 1 is 1.28 bits per heavy atom. The molecule has 8 nitrogen and oxygen atoms in total. The van der Waals surface area contributed by atoms with Crippen molar-refractivity contribution in [2.45, 2.75) is 31.7 Å². The van der Waals surface area contributed by atoms with Gasteiger partial charge in [0.2, 0.25) is 0 Å². The Bertz CT molecular complexity index is 1070. The summed E-state index contributed by atoms with van der Waals surface area (Å²) in [5.74, 6) is -1.39. The van der Waals surface area contributed by atoms with Crippen molar-refractivity contribution >= 4 is 28.4 Å². The molecule has 0 radical (unpaired) electrons. The highest BCUT2D eigenvalue weighted by molar-refractivity contribution is 6.39. The second kappa shape index (κ2) is 8.00. The van der Waals surface area contributed by atoms with Gasteiger partial charge in [-0.2, -0.15) is 5.10 Å². The fourth-order valence-corrected chi connectivity index (χ4v) is 3.75. The molecule has 0 aliphatic heterocycles. The van der Waals surface area contributed by atoms with Crippen molar-refractivity contribution < 1.29 is 9.59 Å². The van der Waals surface area contributed by atoms with E-state index in [9.17, 15) is 9.59 Å². The summed E-state index contributed by atoms with van der Waals surface area (Å²) >= 11 is 0. The first-order valence-corrected chi connectivity index (χ1v) is 9.74. The molecule has 0 spiro atoms. The lowest BCUT2D eigenvalue weighted by atomic mass is 9.92. The third-order valence-electron chi connectivity index (χ3n) is 5.24. The summed E-state index contributed by atoms with van der Waals surface area (Å²) in [6.45, 7) is 0.324. The summed E-state index contributed by atoms with van der Waals surface area (Å²) in [4.78, 5) is 28.8. The minimum Gasteiger partial charge on any atom is -0.347 e. The van der Waals surface area contributed by atoms with Crippen LogP contribution in [0.3, 0.4) is 0 Å². The summed E-state index contributed by atoms with van der Waals surface area (Å²) in [6, 6.07) is 9.88. The van der Waals surface area contributed by atoms with Crippen LogP contribution in [0.5, 0.6) is 0 Å². The lowest BCUT2D eigenvalue weighted by Crippen LogP contribution is -2.36. The number of nitrogens with two attached hydrogens (primary N) is 1. The zero-order chi connectivity index (χ0) is 20.4. The van der Waals surface area contributed by atoms with Crippen LogP contribution in [-0.2, 0) is 35.9 Å². The Kier molecular flexibility index (Phi) is 5.26. The number of aromatic nitrogens is 3. The number of aryl methyl sites for hydroxylation is 2. The number of carbonyl (C=O) groups excluding carboxylic acids is 2. The maximum atomic E-state index is 12.2. The summed E-state index contributed by atoms with van der Waals surface area (Å²) in [5.41, 5.74) is 10.5. The molecule has 2 amide bonds. The van der Waals surface area contributed by atoms with Gasteiger partial charge in [0.15, 0.2) is 0 Å². The van der Waals surface area contributed by atoms with Crippen molar-refractivity contribution in [3.05, 3.63) is 53.5 Å². The van der Waals surface area contributed by atoms with E-state index in [0.29, 0.717) is 18.7 Å². The highest BCUT2D eigenvalue weighted by Gasteiger charge is 2.19. The number of amides is 2. The normalized spacial score (nSPS) is 15.7. The highest BCUT2D eigenvalue weighted by Crippen LogP contribution is 2.21. The Hall–Kier alpha value is -3.26. The van der Waals surface area contributed by atoms with Gasteiger partial charge >= 0.3 is 11.8 Å². The zero-order valence-electron chi connectivity index (χ0n) is 16.3. The Balaban J connectivity index is 1.33. The molecule has 4 N–H and O–H groups in total. The Morgan fingerprint density at radius 2 is 2.10 bits per heavy atom. The Labute approximate surface area is 168 Å². The van der Waals surface area contributed by atoms with Crippen molar-refractivity contribution in [3.8, 4) is 0 Å². The molecule has 2 heterocycles. The molecule has 0 bridgehead atoms. The van der Waals surface area contributed by atoms with Crippen LogP contribution in [0.25, 0.3) is 10.9 Å². The van der Waals surface area contributed by atoms with Gasteiger partial charge in [-0.15, -0.1) is 0 Å². The van der Waals surface area contributed by atoms with E-state index in [2.05, 4.69) is 20.7 Å². The summed E-state index contributed by atoms with van der Waals surface area (Å²) in [5, 5.41) is 10.8. The van der Waals surface area contributed by atoms with Gasteiger partial charge in [0.25, 0.3) is 0 Å². The number of nitrogens with one attached hydrogen (secondary N) is 2. The Morgan fingerprint density at radius 3 is 2.97 bits per heavy atom. The number of carbonyl (C=O) groups is 2. The maximum absolute atomic E-state index is 12.2. The first-order valence-electron chi connectivity index (χ1n) is 9.74.